The predicted octanol–water partition coefficient (Wildman–Crippen LogP) is 3.64. The van der Waals surface area contributed by atoms with E-state index in [-0.39, 0.29) is 17.2 Å². The molecule has 2 heterocycles. The lowest BCUT2D eigenvalue weighted by Gasteiger charge is -2.31. The number of rotatable bonds is 3. The van der Waals surface area contributed by atoms with Crippen LogP contribution in [0.1, 0.15) is 33.7 Å². The normalized spacial score (nSPS) is 15.0. The van der Waals surface area contributed by atoms with Crippen LogP contribution >= 0.6 is 0 Å². The first-order valence-corrected chi connectivity index (χ1v) is 9.03. The molecule has 4 rings (SSSR count). The zero-order valence-corrected chi connectivity index (χ0v) is 14.9. The maximum Gasteiger partial charge on any atom is 0.274 e. The maximum atomic E-state index is 13.9. The number of ketones is 1. The summed E-state index contributed by atoms with van der Waals surface area (Å²) in [5, 5.41) is 0. The molecule has 0 aliphatic carbocycles. The van der Waals surface area contributed by atoms with Crippen LogP contribution < -0.4 is 0 Å². The number of para-hydroxylation sites is 2. The summed E-state index contributed by atoms with van der Waals surface area (Å²) in [5.74, 6) is -2.48. The van der Waals surface area contributed by atoms with E-state index in [1.165, 1.54) is 6.20 Å². The number of carbonyl (C=O) groups is 2. The van der Waals surface area contributed by atoms with Gasteiger partial charge in [-0.1, -0.05) is 12.1 Å². The van der Waals surface area contributed by atoms with Crippen molar-refractivity contribution in [2.75, 3.05) is 13.1 Å². The summed E-state index contributed by atoms with van der Waals surface area (Å²) in [7, 11) is 0. The molecule has 0 bridgehead atoms. The highest BCUT2D eigenvalue weighted by Crippen LogP contribution is 2.24. The fraction of sp³-hybridized carbons (Fsp3) is 0.238. The van der Waals surface area contributed by atoms with E-state index in [9.17, 15) is 18.4 Å². The lowest BCUT2D eigenvalue weighted by atomic mass is 9.88. The van der Waals surface area contributed by atoms with E-state index < -0.39 is 23.3 Å². The number of benzene rings is 2. The topological polar surface area (TPSA) is 63.2 Å². The van der Waals surface area contributed by atoms with Crippen LogP contribution in [0, 0.1) is 17.6 Å². The first-order valence-electron chi connectivity index (χ1n) is 9.03. The Morgan fingerprint density at radius 1 is 1.00 bits per heavy atom. The van der Waals surface area contributed by atoms with Gasteiger partial charge in [0.15, 0.2) is 5.78 Å². The van der Waals surface area contributed by atoms with Gasteiger partial charge in [-0.15, -0.1) is 0 Å². The van der Waals surface area contributed by atoms with Crippen molar-refractivity contribution in [3.05, 3.63) is 71.6 Å². The third-order valence-corrected chi connectivity index (χ3v) is 5.01. The van der Waals surface area contributed by atoms with Gasteiger partial charge >= 0.3 is 0 Å². The third-order valence-electron chi connectivity index (χ3n) is 5.01. The Morgan fingerprint density at radius 3 is 2.46 bits per heavy atom. The summed E-state index contributed by atoms with van der Waals surface area (Å²) in [6.45, 7) is 0.696. The van der Waals surface area contributed by atoms with Gasteiger partial charge in [-0.2, -0.15) is 0 Å². The van der Waals surface area contributed by atoms with Crippen LogP contribution in [0.15, 0.2) is 48.7 Å². The molecule has 7 heteroatoms. The van der Waals surface area contributed by atoms with Gasteiger partial charge in [0.1, 0.15) is 17.3 Å². The predicted molar refractivity (Wildman–Crippen MR) is 98.9 cm³/mol. The van der Waals surface area contributed by atoms with E-state index in [0.717, 1.165) is 18.2 Å². The minimum atomic E-state index is -0.726. The van der Waals surface area contributed by atoms with Gasteiger partial charge in [0.05, 0.1) is 22.8 Å². The van der Waals surface area contributed by atoms with Gasteiger partial charge < -0.3 is 4.90 Å². The zero-order chi connectivity index (χ0) is 19.7. The smallest absolute Gasteiger partial charge is 0.274 e. The second kappa shape index (κ2) is 7.42. The second-order valence-corrected chi connectivity index (χ2v) is 6.80. The molecule has 0 N–H and O–H groups in total. The Hall–Kier alpha value is -3.22. The fourth-order valence-corrected chi connectivity index (χ4v) is 3.47. The minimum Gasteiger partial charge on any atom is -0.337 e. The number of carbonyl (C=O) groups excluding carboxylic acids is 2. The monoisotopic (exact) mass is 381 g/mol. The van der Waals surface area contributed by atoms with E-state index in [1.54, 1.807) is 11.0 Å². The highest BCUT2D eigenvalue weighted by molar-refractivity contribution is 5.98. The lowest BCUT2D eigenvalue weighted by molar-refractivity contribution is 0.0644. The lowest BCUT2D eigenvalue weighted by Crippen LogP contribution is -2.40. The van der Waals surface area contributed by atoms with Gasteiger partial charge in [-0.3, -0.25) is 14.6 Å². The number of fused-ring (bicyclic) bond motifs is 1. The Kier molecular flexibility index (Phi) is 4.81. The second-order valence-electron chi connectivity index (χ2n) is 6.80. The summed E-state index contributed by atoms with van der Waals surface area (Å²) >= 11 is 0. The summed E-state index contributed by atoms with van der Waals surface area (Å²) < 4.78 is 27.2. The molecule has 1 aliphatic rings. The molecule has 5 nitrogen and oxygen atoms in total. The highest BCUT2D eigenvalue weighted by Gasteiger charge is 2.30. The molecule has 0 saturated carbocycles. The van der Waals surface area contributed by atoms with Crippen LogP contribution in [0.4, 0.5) is 8.78 Å². The van der Waals surface area contributed by atoms with Crippen molar-refractivity contribution < 1.29 is 18.4 Å². The van der Waals surface area contributed by atoms with Crippen molar-refractivity contribution in [3.8, 4) is 0 Å². The minimum absolute atomic E-state index is 0.231. The Morgan fingerprint density at radius 2 is 1.71 bits per heavy atom. The van der Waals surface area contributed by atoms with E-state index in [4.69, 9.17) is 0 Å². The molecule has 2 aromatic carbocycles. The average molecular weight is 381 g/mol. The van der Waals surface area contributed by atoms with Crippen molar-refractivity contribution in [2.24, 2.45) is 5.92 Å². The Labute approximate surface area is 160 Å². The number of hydrogen-bond donors (Lipinski definition) is 0. The largest absolute Gasteiger partial charge is 0.337 e. The molecule has 0 unspecified atom stereocenters. The number of halogens is 2. The summed E-state index contributed by atoms with van der Waals surface area (Å²) in [6, 6.07) is 10.2. The highest BCUT2D eigenvalue weighted by atomic mass is 19.1. The van der Waals surface area contributed by atoms with E-state index in [1.807, 2.05) is 18.2 Å². The molecule has 1 aliphatic heterocycles. The van der Waals surface area contributed by atoms with Crippen molar-refractivity contribution in [3.63, 3.8) is 0 Å². The van der Waals surface area contributed by atoms with Crippen LogP contribution in [0.2, 0.25) is 0 Å². The van der Waals surface area contributed by atoms with Crippen LogP contribution in [0.25, 0.3) is 11.0 Å². The number of likely N-dealkylation sites (tertiary alicyclic amines) is 1. The van der Waals surface area contributed by atoms with E-state index in [2.05, 4.69) is 9.97 Å². The number of nitrogens with zero attached hydrogens (tertiary/aromatic N) is 3. The zero-order valence-electron chi connectivity index (χ0n) is 14.9. The maximum absolute atomic E-state index is 13.9. The summed E-state index contributed by atoms with van der Waals surface area (Å²) in [6.07, 6.45) is 2.23. The molecule has 28 heavy (non-hydrogen) atoms. The van der Waals surface area contributed by atoms with Gasteiger partial charge in [-0.05, 0) is 43.2 Å². The first kappa shape index (κ1) is 18.2. The van der Waals surface area contributed by atoms with E-state index in [0.29, 0.717) is 37.0 Å². The SMILES string of the molecule is O=C(c1cc(F)ccc1F)C1CCN(C(=O)c2cnc3ccccc3n2)CC1. The van der Waals surface area contributed by atoms with Gasteiger partial charge in [0.2, 0.25) is 0 Å². The fourth-order valence-electron chi connectivity index (χ4n) is 3.47. The molecule has 0 spiro atoms. The van der Waals surface area contributed by atoms with Crippen LogP contribution in [0.5, 0.6) is 0 Å². The van der Waals surface area contributed by atoms with Crippen LogP contribution in [-0.2, 0) is 0 Å². The van der Waals surface area contributed by atoms with Crippen molar-refractivity contribution in [2.45, 2.75) is 12.8 Å². The third kappa shape index (κ3) is 3.47. The summed E-state index contributed by atoms with van der Waals surface area (Å²) in [4.78, 5) is 35.5. The van der Waals surface area contributed by atoms with E-state index >= 15 is 0 Å². The van der Waals surface area contributed by atoms with Crippen LogP contribution in [0.3, 0.4) is 0 Å². The average Bonchev–Trinajstić information content (AvgIpc) is 2.74. The quantitative estimate of drug-likeness (QED) is 0.650. The molecular formula is C21H17F2N3O2. The molecule has 0 radical (unpaired) electrons. The molecule has 1 amide bonds. The van der Waals surface area contributed by atoms with Crippen molar-refractivity contribution in [1.29, 1.82) is 0 Å². The van der Waals surface area contributed by atoms with Gasteiger partial charge in [0, 0.05) is 19.0 Å². The number of piperidine rings is 1. The molecule has 1 saturated heterocycles. The summed E-state index contributed by atoms with van der Waals surface area (Å²) in [5.41, 5.74) is 1.37. The van der Waals surface area contributed by atoms with Crippen LogP contribution in [-0.4, -0.2) is 39.6 Å². The number of Topliss-reactive ketones (excluding diaryl/α,β-unsaturated/α-hetero) is 1. The van der Waals surface area contributed by atoms with Crippen molar-refractivity contribution in [1.82, 2.24) is 14.9 Å². The number of amides is 1. The number of hydrogen-bond acceptors (Lipinski definition) is 4. The first-order chi connectivity index (χ1) is 13.5. The molecule has 1 fully saturated rings. The molecule has 3 aromatic rings. The molecular weight excluding hydrogens is 364 g/mol. The van der Waals surface area contributed by atoms with Crippen molar-refractivity contribution >= 4 is 22.7 Å². The standard InChI is InChI=1S/C21H17F2N3O2/c22-14-5-6-16(23)15(11-14)20(27)13-7-9-26(10-8-13)21(28)19-12-24-17-3-1-2-4-18(17)25-19/h1-6,11-13H,7-10H2. The number of aromatic nitrogens is 2. The Balaban J connectivity index is 1.45. The molecule has 0 atom stereocenters. The Bertz CT molecular complexity index is 1060. The van der Waals surface area contributed by atoms with Gasteiger partial charge in [-0.25, -0.2) is 13.8 Å². The molecule has 1 aromatic heterocycles. The van der Waals surface area contributed by atoms with Gasteiger partial charge in [0.25, 0.3) is 5.91 Å². The molecule has 142 valence electrons.